The SMILES string of the molecule is O=C1/C(=C/c2ccccc2)C=C(c2ccc(Cl)cc2)N1c1ccc2c(c1)OCO2. The second-order valence-corrected chi connectivity index (χ2v) is 7.16. The van der Waals surface area contributed by atoms with Gasteiger partial charge in [-0.25, -0.2) is 0 Å². The zero-order chi connectivity index (χ0) is 19.8. The van der Waals surface area contributed by atoms with Crippen LogP contribution in [0.3, 0.4) is 0 Å². The van der Waals surface area contributed by atoms with E-state index in [0.717, 1.165) is 22.5 Å². The van der Waals surface area contributed by atoms with E-state index < -0.39 is 0 Å². The Kier molecular flexibility index (Phi) is 4.34. The van der Waals surface area contributed by atoms with E-state index in [1.807, 2.05) is 84.9 Å². The van der Waals surface area contributed by atoms with Crippen molar-refractivity contribution in [1.29, 1.82) is 0 Å². The predicted molar refractivity (Wildman–Crippen MR) is 114 cm³/mol. The van der Waals surface area contributed by atoms with E-state index in [-0.39, 0.29) is 12.7 Å². The average molecular weight is 402 g/mol. The Morgan fingerprint density at radius 1 is 0.897 bits per heavy atom. The maximum absolute atomic E-state index is 13.4. The number of nitrogens with zero attached hydrogens (tertiary/aromatic N) is 1. The molecule has 0 aromatic heterocycles. The summed E-state index contributed by atoms with van der Waals surface area (Å²) in [6.07, 6.45) is 3.80. The minimum absolute atomic E-state index is 0.0994. The smallest absolute Gasteiger partial charge is 0.262 e. The first-order chi connectivity index (χ1) is 14.2. The van der Waals surface area contributed by atoms with Gasteiger partial charge in [0.05, 0.1) is 11.4 Å². The lowest BCUT2D eigenvalue weighted by Gasteiger charge is -2.21. The molecule has 29 heavy (non-hydrogen) atoms. The summed E-state index contributed by atoms with van der Waals surface area (Å²) in [5, 5.41) is 0.647. The van der Waals surface area contributed by atoms with E-state index in [1.165, 1.54) is 0 Å². The van der Waals surface area contributed by atoms with Gasteiger partial charge in [0.25, 0.3) is 5.91 Å². The first kappa shape index (κ1) is 17.6. The van der Waals surface area contributed by atoms with E-state index in [2.05, 4.69) is 0 Å². The molecular weight excluding hydrogens is 386 g/mol. The molecule has 1 amide bonds. The van der Waals surface area contributed by atoms with Crippen LogP contribution in [-0.2, 0) is 4.79 Å². The highest BCUT2D eigenvalue weighted by Crippen LogP contribution is 2.41. The van der Waals surface area contributed by atoms with Gasteiger partial charge in [-0.15, -0.1) is 0 Å². The Morgan fingerprint density at radius 3 is 2.45 bits per heavy atom. The molecular formula is C24H16ClNO3. The van der Waals surface area contributed by atoms with Gasteiger partial charge in [-0.2, -0.15) is 0 Å². The molecule has 3 aromatic carbocycles. The standard InChI is InChI=1S/C24H16ClNO3/c25-19-8-6-17(7-9-19)21-13-18(12-16-4-2-1-3-5-16)24(27)26(21)20-10-11-22-23(14-20)29-15-28-22/h1-14H,15H2/b18-12+. The largest absolute Gasteiger partial charge is 0.454 e. The van der Waals surface area contributed by atoms with Crippen LogP contribution in [0.1, 0.15) is 11.1 Å². The number of fused-ring (bicyclic) bond motifs is 1. The highest BCUT2D eigenvalue weighted by molar-refractivity contribution is 6.30. The van der Waals surface area contributed by atoms with Gasteiger partial charge in [0.1, 0.15) is 0 Å². The molecule has 0 spiro atoms. The summed E-state index contributed by atoms with van der Waals surface area (Å²) in [6.45, 7) is 0.186. The lowest BCUT2D eigenvalue weighted by Crippen LogP contribution is -2.24. The van der Waals surface area contributed by atoms with E-state index in [9.17, 15) is 4.79 Å². The van der Waals surface area contributed by atoms with Crippen LogP contribution in [0.15, 0.2) is 84.4 Å². The van der Waals surface area contributed by atoms with Gasteiger partial charge in [-0.3, -0.25) is 9.69 Å². The fraction of sp³-hybridized carbons (Fsp3) is 0.0417. The third-order valence-electron chi connectivity index (χ3n) is 4.86. The summed E-state index contributed by atoms with van der Waals surface area (Å²) < 4.78 is 10.9. The van der Waals surface area contributed by atoms with Gasteiger partial charge in [-0.05, 0) is 47.5 Å². The third-order valence-corrected chi connectivity index (χ3v) is 5.11. The van der Waals surface area contributed by atoms with Crippen molar-refractivity contribution in [2.24, 2.45) is 0 Å². The predicted octanol–water partition coefficient (Wildman–Crippen LogP) is 5.54. The zero-order valence-electron chi connectivity index (χ0n) is 15.3. The Balaban J connectivity index is 1.62. The summed E-state index contributed by atoms with van der Waals surface area (Å²) >= 11 is 6.06. The van der Waals surface area contributed by atoms with Gasteiger partial charge in [0.2, 0.25) is 6.79 Å². The summed E-state index contributed by atoms with van der Waals surface area (Å²) in [5.74, 6) is 1.21. The lowest BCUT2D eigenvalue weighted by atomic mass is 10.1. The molecule has 2 heterocycles. The maximum Gasteiger partial charge on any atom is 0.262 e. The van der Waals surface area contributed by atoms with Crippen molar-refractivity contribution < 1.29 is 14.3 Å². The molecule has 0 saturated carbocycles. The molecule has 142 valence electrons. The summed E-state index contributed by atoms with van der Waals surface area (Å²) in [6, 6.07) is 22.8. The lowest BCUT2D eigenvalue weighted by molar-refractivity contribution is -0.113. The number of halogens is 1. The van der Waals surface area contributed by atoms with Crippen molar-refractivity contribution in [3.8, 4) is 11.5 Å². The Morgan fingerprint density at radius 2 is 1.66 bits per heavy atom. The topological polar surface area (TPSA) is 38.8 Å². The molecule has 2 aliphatic heterocycles. The van der Waals surface area contributed by atoms with Gasteiger partial charge in [0.15, 0.2) is 11.5 Å². The van der Waals surface area contributed by atoms with E-state index >= 15 is 0 Å². The highest BCUT2D eigenvalue weighted by Gasteiger charge is 2.31. The van der Waals surface area contributed by atoms with Gasteiger partial charge in [-0.1, -0.05) is 54.1 Å². The van der Waals surface area contributed by atoms with Gasteiger partial charge in [0, 0.05) is 16.7 Å². The number of ether oxygens (including phenoxy) is 2. The number of carbonyl (C=O) groups excluding carboxylic acids is 1. The molecule has 0 N–H and O–H groups in total. The normalized spacial score (nSPS) is 16.4. The molecule has 0 saturated heterocycles. The minimum atomic E-state index is -0.0994. The van der Waals surface area contributed by atoms with Crippen molar-refractivity contribution in [2.45, 2.75) is 0 Å². The first-order valence-corrected chi connectivity index (χ1v) is 9.55. The molecule has 0 fully saturated rings. The molecule has 5 rings (SSSR count). The molecule has 0 bridgehead atoms. The fourth-order valence-electron chi connectivity index (χ4n) is 3.46. The second-order valence-electron chi connectivity index (χ2n) is 6.72. The van der Waals surface area contributed by atoms with Crippen LogP contribution >= 0.6 is 11.6 Å². The van der Waals surface area contributed by atoms with Crippen molar-refractivity contribution in [2.75, 3.05) is 11.7 Å². The number of anilines is 1. The van der Waals surface area contributed by atoms with Crippen LogP contribution < -0.4 is 14.4 Å². The van der Waals surface area contributed by atoms with Gasteiger partial charge >= 0.3 is 0 Å². The van der Waals surface area contributed by atoms with Crippen LogP contribution in [0.4, 0.5) is 5.69 Å². The number of rotatable bonds is 3. The zero-order valence-corrected chi connectivity index (χ0v) is 16.1. The minimum Gasteiger partial charge on any atom is -0.454 e. The van der Waals surface area contributed by atoms with Crippen LogP contribution in [0, 0.1) is 0 Å². The third kappa shape index (κ3) is 3.28. The monoisotopic (exact) mass is 401 g/mol. The molecule has 3 aromatic rings. The van der Waals surface area contributed by atoms with Crippen molar-refractivity contribution in [3.63, 3.8) is 0 Å². The summed E-state index contributed by atoms with van der Waals surface area (Å²) in [7, 11) is 0. The quantitative estimate of drug-likeness (QED) is 0.541. The number of amides is 1. The number of hydrogen-bond acceptors (Lipinski definition) is 3. The number of hydrogen-bond donors (Lipinski definition) is 0. The Bertz CT molecular complexity index is 1150. The molecule has 0 aliphatic carbocycles. The van der Waals surface area contributed by atoms with E-state index in [4.69, 9.17) is 21.1 Å². The highest BCUT2D eigenvalue weighted by atomic mass is 35.5. The second kappa shape index (κ2) is 7.15. The first-order valence-electron chi connectivity index (χ1n) is 9.17. The Labute approximate surface area is 173 Å². The van der Waals surface area contributed by atoms with Crippen LogP contribution in [-0.4, -0.2) is 12.7 Å². The summed E-state index contributed by atoms with van der Waals surface area (Å²) in [5.41, 5.74) is 3.98. The fourth-order valence-corrected chi connectivity index (χ4v) is 3.58. The van der Waals surface area contributed by atoms with Crippen molar-refractivity contribution in [3.05, 3.63) is 101 Å². The Hall–Kier alpha value is -3.50. The summed E-state index contributed by atoms with van der Waals surface area (Å²) in [4.78, 5) is 15.1. The van der Waals surface area contributed by atoms with Crippen LogP contribution in [0.5, 0.6) is 11.5 Å². The van der Waals surface area contributed by atoms with Crippen molar-refractivity contribution >= 4 is 35.0 Å². The molecule has 2 aliphatic rings. The molecule has 0 unspecified atom stereocenters. The van der Waals surface area contributed by atoms with Crippen LogP contribution in [0.2, 0.25) is 5.02 Å². The molecule has 5 heteroatoms. The van der Waals surface area contributed by atoms with Crippen molar-refractivity contribution in [1.82, 2.24) is 0 Å². The maximum atomic E-state index is 13.4. The molecule has 0 radical (unpaired) electrons. The van der Waals surface area contributed by atoms with Gasteiger partial charge < -0.3 is 9.47 Å². The van der Waals surface area contributed by atoms with E-state index in [0.29, 0.717) is 22.1 Å². The van der Waals surface area contributed by atoms with E-state index in [1.54, 1.807) is 4.90 Å². The average Bonchev–Trinajstić information content (AvgIpc) is 3.33. The molecule has 0 atom stereocenters. The molecule has 4 nitrogen and oxygen atoms in total. The number of carbonyl (C=O) groups is 1. The van der Waals surface area contributed by atoms with Crippen LogP contribution in [0.25, 0.3) is 11.8 Å². The number of benzene rings is 3.